The SMILES string of the molecule is C[C@@H]1CN(C[C@@H](O)CNCCn2cccn2)C[C@@H](C)O1. The number of hydrogen-bond acceptors (Lipinski definition) is 5. The molecule has 1 aliphatic rings. The predicted molar refractivity (Wildman–Crippen MR) is 77.6 cm³/mol. The van der Waals surface area contributed by atoms with Crippen molar-refractivity contribution in [2.24, 2.45) is 0 Å². The van der Waals surface area contributed by atoms with Gasteiger partial charge in [-0.25, -0.2) is 0 Å². The summed E-state index contributed by atoms with van der Waals surface area (Å²) in [5.41, 5.74) is 0. The minimum absolute atomic E-state index is 0.249. The molecule has 0 aromatic carbocycles. The molecule has 3 atom stereocenters. The van der Waals surface area contributed by atoms with Crippen LogP contribution in [0.4, 0.5) is 0 Å². The van der Waals surface area contributed by atoms with Crippen LogP contribution in [0.3, 0.4) is 0 Å². The highest BCUT2D eigenvalue weighted by Gasteiger charge is 2.23. The first kappa shape index (κ1) is 15.4. The van der Waals surface area contributed by atoms with Crippen LogP contribution in [0.5, 0.6) is 0 Å². The van der Waals surface area contributed by atoms with Gasteiger partial charge >= 0.3 is 0 Å². The van der Waals surface area contributed by atoms with E-state index in [2.05, 4.69) is 29.2 Å². The molecule has 1 saturated heterocycles. The normalized spacial score (nSPS) is 25.8. The molecule has 0 bridgehead atoms. The van der Waals surface area contributed by atoms with Crippen LogP contribution in [-0.2, 0) is 11.3 Å². The van der Waals surface area contributed by atoms with E-state index in [4.69, 9.17) is 4.74 Å². The van der Waals surface area contributed by atoms with Crippen LogP contribution < -0.4 is 5.32 Å². The summed E-state index contributed by atoms with van der Waals surface area (Å²) in [6.45, 7) is 8.91. The highest BCUT2D eigenvalue weighted by Crippen LogP contribution is 2.10. The Morgan fingerprint density at radius 2 is 2.15 bits per heavy atom. The molecule has 1 aliphatic heterocycles. The van der Waals surface area contributed by atoms with Gasteiger partial charge in [-0.15, -0.1) is 0 Å². The first-order valence-corrected chi connectivity index (χ1v) is 7.37. The summed E-state index contributed by atoms with van der Waals surface area (Å²) in [5, 5.41) is 17.5. The Kier molecular flexibility index (Phi) is 5.97. The standard InChI is InChI=1S/C14H26N4O2/c1-12-9-17(10-13(2)20-12)11-14(19)8-15-5-7-18-6-3-4-16-18/h3-4,6,12-15,19H,5,7-11H2,1-2H3/t12-,13-,14+/m1/s1. The summed E-state index contributed by atoms with van der Waals surface area (Å²) in [7, 11) is 0. The van der Waals surface area contributed by atoms with Crippen molar-refractivity contribution in [2.75, 3.05) is 32.7 Å². The quantitative estimate of drug-likeness (QED) is 0.686. The second-order valence-electron chi connectivity index (χ2n) is 5.60. The second-order valence-corrected chi connectivity index (χ2v) is 5.60. The molecule has 1 fully saturated rings. The third kappa shape index (κ3) is 5.20. The molecule has 20 heavy (non-hydrogen) atoms. The molecule has 0 saturated carbocycles. The number of aliphatic hydroxyl groups is 1. The molecule has 114 valence electrons. The maximum Gasteiger partial charge on any atom is 0.0791 e. The Morgan fingerprint density at radius 3 is 2.80 bits per heavy atom. The lowest BCUT2D eigenvalue weighted by molar-refractivity contribution is -0.0762. The second kappa shape index (κ2) is 7.73. The minimum Gasteiger partial charge on any atom is -0.390 e. The van der Waals surface area contributed by atoms with Crippen molar-refractivity contribution in [1.82, 2.24) is 20.0 Å². The van der Waals surface area contributed by atoms with Gasteiger partial charge in [-0.2, -0.15) is 5.10 Å². The fourth-order valence-corrected chi connectivity index (χ4v) is 2.69. The van der Waals surface area contributed by atoms with Gasteiger partial charge in [0.2, 0.25) is 0 Å². The Labute approximate surface area is 120 Å². The van der Waals surface area contributed by atoms with Gasteiger partial charge in [-0.05, 0) is 19.9 Å². The Bertz CT molecular complexity index is 361. The Hall–Kier alpha value is -0.950. The van der Waals surface area contributed by atoms with Crippen LogP contribution in [0.15, 0.2) is 18.5 Å². The third-order valence-corrected chi connectivity index (χ3v) is 3.42. The minimum atomic E-state index is -0.342. The van der Waals surface area contributed by atoms with Gasteiger partial charge in [0.15, 0.2) is 0 Å². The van der Waals surface area contributed by atoms with Crippen LogP contribution in [0.25, 0.3) is 0 Å². The molecule has 0 aliphatic carbocycles. The largest absolute Gasteiger partial charge is 0.390 e. The van der Waals surface area contributed by atoms with E-state index in [1.54, 1.807) is 6.20 Å². The maximum atomic E-state index is 10.1. The van der Waals surface area contributed by atoms with Gasteiger partial charge in [-0.1, -0.05) is 0 Å². The summed E-state index contributed by atoms with van der Waals surface area (Å²) in [6.07, 6.45) is 3.87. The van der Waals surface area contributed by atoms with E-state index in [-0.39, 0.29) is 18.3 Å². The third-order valence-electron chi connectivity index (χ3n) is 3.42. The van der Waals surface area contributed by atoms with Crippen LogP contribution in [0.2, 0.25) is 0 Å². The summed E-state index contributed by atoms with van der Waals surface area (Å²) in [5.74, 6) is 0. The van der Waals surface area contributed by atoms with Crippen LogP contribution in [0.1, 0.15) is 13.8 Å². The number of aromatic nitrogens is 2. The molecule has 6 heteroatoms. The molecule has 6 nitrogen and oxygen atoms in total. The van der Waals surface area contributed by atoms with Crippen molar-refractivity contribution in [3.8, 4) is 0 Å². The Balaban J connectivity index is 1.59. The van der Waals surface area contributed by atoms with E-state index < -0.39 is 0 Å². The Morgan fingerprint density at radius 1 is 1.40 bits per heavy atom. The van der Waals surface area contributed by atoms with Crippen LogP contribution in [0, 0.1) is 0 Å². The van der Waals surface area contributed by atoms with Crippen molar-refractivity contribution >= 4 is 0 Å². The number of aliphatic hydroxyl groups excluding tert-OH is 1. The summed E-state index contributed by atoms with van der Waals surface area (Å²) in [6, 6.07) is 1.91. The zero-order valence-electron chi connectivity index (χ0n) is 12.4. The van der Waals surface area contributed by atoms with Crippen molar-refractivity contribution in [3.05, 3.63) is 18.5 Å². The number of hydrogen-bond donors (Lipinski definition) is 2. The summed E-state index contributed by atoms with van der Waals surface area (Å²) >= 11 is 0. The van der Waals surface area contributed by atoms with Gasteiger partial charge in [-0.3, -0.25) is 9.58 Å². The molecule has 0 radical (unpaired) electrons. The highest BCUT2D eigenvalue weighted by molar-refractivity contribution is 4.78. The van der Waals surface area contributed by atoms with E-state index in [9.17, 15) is 5.11 Å². The molecule has 1 aromatic rings. The zero-order valence-corrected chi connectivity index (χ0v) is 12.4. The van der Waals surface area contributed by atoms with Crippen LogP contribution >= 0.6 is 0 Å². The molecule has 2 N–H and O–H groups in total. The van der Waals surface area contributed by atoms with Crippen molar-refractivity contribution < 1.29 is 9.84 Å². The number of β-amino-alcohol motifs (C(OH)–C–C–N with tert-alkyl or cyclic N) is 1. The summed E-state index contributed by atoms with van der Waals surface area (Å²) in [4.78, 5) is 2.28. The van der Waals surface area contributed by atoms with Gasteiger partial charge in [0.05, 0.1) is 24.9 Å². The van der Waals surface area contributed by atoms with E-state index in [0.29, 0.717) is 13.1 Å². The van der Waals surface area contributed by atoms with E-state index in [1.165, 1.54) is 0 Å². The average Bonchev–Trinajstić information content (AvgIpc) is 2.86. The van der Waals surface area contributed by atoms with E-state index >= 15 is 0 Å². The fraction of sp³-hybridized carbons (Fsp3) is 0.786. The van der Waals surface area contributed by atoms with E-state index in [0.717, 1.165) is 26.2 Å². The average molecular weight is 282 g/mol. The monoisotopic (exact) mass is 282 g/mol. The van der Waals surface area contributed by atoms with Gasteiger partial charge in [0, 0.05) is 45.1 Å². The lowest BCUT2D eigenvalue weighted by atomic mass is 10.2. The number of ether oxygens (including phenoxy) is 1. The van der Waals surface area contributed by atoms with Crippen molar-refractivity contribution in [2.45, 2.75) is 38.7 Å². The highest BCUT2D eigenvalue weighted by atomic mass is 16.5. The smallest absolute Gasteiger partial charge is 0.0791 e. The number of nitrogens with one attached hydrogen (secondary N) is 1. The first-order valence-electron chi connectivity index (χ1n) is 7.37. The topological polar surface area (TPSA) is 62.5 Å². The van der Waals surface area contributed by atoms with Gasteiger partial charge in [0.25, 0.3) is 0 Å². The molecular weight excluding hydrogens is 256 g/mol. The van der Waals surface area contributed by atoms with Crippen LogP contribution in [-0.4, -0.2) is 70.8 Å². The molecule has 0 unspecified atom stereocenters. The van der Waals surface area contributed by atoms with E-state index in [1.807, 2.05) is 16.9 Å². The van der Waals surface area contributed by atoms with Crippen molar-refractivity contribution in [3.63, 3.8) is 0 Å². The molecule has 2 heterocycles. The summed E-state index contributed by atoms with van der Waals surface area (Å²) < 4.78 is 7.57. The van der Waals surface area contributed by atoms with Crippen molar-refractivity contribution in [1.29, 1.82) is 0 Å². The number of morpholine rings is 1. The van der Waals surface area contributed by atoms with Gasteiger partial charge < -0.3 is 15.2 Å². The first-order chi connectivity index (χ1) is 9.63. The molecule has 0 amide bonds. The number of nitrogens with zero attached hydrogens (tertiary/aromatic N) is 3. The lowest BCUT2D eigenvalue weighted by Gasteiger charge is -2.36. The number of rotatable bonds is 7. The lowest BCUT2D eigenvalue weighted by Crippen LogP contribution is -2.49. The fourth-order valence-electron chi connectivity index (χ4n) is 2.69. The molecule has 2 rings (SSSR count). The maximum absolute atomic E-state index is 10.1. The molecular formula is C14H26N4O2. The predicted octanol–water partition coefficient (Wildman–Crippen LogP) is -0.0572. The molecule has 0 spiro atoms. The zero-order chi connectivity index (χ0) is 14.4. The van der Waals surface area contributed by atoms with Gasteiger partial charge in [0.1, 0.15) is 0 Å². The molecule has 1 aromatic heterocycles.